The predicted octanol–water partition coefficient (Wildman–Crippen LogP) is 3.72. The third-order valence-electron chi connectivity index (χ3n) is 4.33. The van der Waals surface area contributed by atoms with Gasteiger partial charge in [0, 0.05) is 6.07 Å². The number of benzene rings is 2. The van der Waals surface area contributed by atoms with Gasteiger partial charge in [-0.1, -0.05) is 47.3 Å². The van der Waals surface area contributed by atoms with E-state index in [2.05, 4.69) is 15.5 Å². The minimum absolute atomic E-state index is 0.0720. The van der Waals surface area contributed by atoms with E-state index in [9.17, 15) is 9.59 Å². The van der Waals surface area contributed by atoms with Crippen molar-refractivity contribution in [3.8, 4) is 5.69 Å². The van der Waals surface area contributed by atoms with Gasteiger partial charge in [-0.2, -0.15) is 0 Å². The first-order valence-corrected chi connectivity index (χ1v) is 9.95. The van der Waals surface area contributed by atoms with Crippen LogP contribution in [0.25, 0.3) is 16.6 Å². The molecular weight excluding hydrogens is 388 g/mol. The number of fused-ring (bicyclic) bond motifs is 1. The Labute approximate surface area is 170 Å². The molecule has 0 saturated carbocycles. The van der Waals surface area contributed by atoms with E-state index in [0.717, 1.165) is 11.3 Å². The summed E-state index contributed by atoms with van der Waals surface area (Å²) in [6.45, 7) is 3.68. The molecule has 0 saturated heterocycles. The molecule has 0 atom stereocenters. The number of thioether (sulfide) groups is 1. The molecule has 4 aromatic rings. The molecular formula is C21H18N4O3S. The lowest BCUT2D eigenvalue weighted by molar-refractivity contribution is -0.113. The summed E-state index contributed by atoms with van der Waals surface area (Å²) in [4.78, 5) is 30.2. The number of nitrogens with one attached hydrogen (secondary N) is 1. The average molecular weight is 406 g/mol. The van der Waals surface area contributed by atoms with Crippen LogP contribution in [0.1, 0.15) is 11.3 Å². The molecule has 1 N–H and O–H groups in total. The van der Waals surface area contributed by atoms with Crippen LogP contribution in [0.4, 0.5) is 5.82 Å². The molecule has 2 aromatic carbocycles. The minimum atomic E-state index is -0.262. The topological polar surface area (TPSA) is 90.0 Å². The summed E-state index contributed by atoms with van der Waals surface area (Å²) in [5.41, 5.74) is 2.11. The number of para-hydroxylation sites is 2. The van der Waals surface area contributed by atoms with E-state index in [1.54, 1.807) is 29.7 Å². The van der Waals surface area contributed by atoms with Gasteiger partial charge in [-0.3, -0.25) is 14.2 Å². The lowest BCUT2D eigenvalue weighted by Crippen LogP contribution is -2.23. The largest absolute Gasteiger partial charge is 0.360 e. The van der Waals surface area contributed by atoms with E-state index in [-0.39, 0.29) is 17.2 Å². The highest BCUT2D eigenvalue weighted by Gasteiger charge is 2.16. The van der Waals surface area contributed by atoms with Crippen LogP contribution in [-0.4, -0.2) is 26.4 Å². The molecule has 146 valence electrons. The van der Waals surface area contributed by atoms with Crippen LogP contribution in [0, 0.1) is 13.8 Å². The molecule has 7 nitrogen and oxygen atoms in total. The molecule has 29 heavy (non-hydrogen) atoms. The van der Waals surface area contributed by atoms with Gasteiger partial charge in [-0.15, -0.1) is 0 Å². The van der Waals surface area contributed by atoms with Crippen LogP contribution in [0.5, 0.6) is 0 Å². The minimum Gasteiger partial charge on any atom is -0.360 e. The predicted molar refractivity (Wildman–Crippen MR) is 113 cm³/mol. The number of rotatable bonds is 5. The highest BCUT2D eigenvalue weighted by molar-refractivity contribution is 7.99. The molecule has 4 rings (SSSR count). The van der Waals surface area contributed by atoms with Crippen LogP contribution in [0.3, 0.4) is 0 Å². The molecule has 0 bridgehead atoms. The normalized spacial score (nSPS) is 11.0. The van der Waals surface area contributed by atoms with Gasteiger partial charge >= 0.3 is 0 Å². The maximum Gasteiger partial charge on any atom is 0.266 e. The van der Waals surface area contributed by atoms with Crippen molar-refractivity contribution in [1.82, 2.24) is 14.7 Å². The second kappa shape index (κ2) is 7.92. The maximum absolute atomic E-state index is 13.2. The zero-order valence-electron chi connectivity index (χ0n) is 15.9. The number of aromatic nitrogens is 3. The number of amides is 1. The van der Waals surface area contributed by atoms with Crippen molar-refractivity contribution in [1.29, 1.82) is 0 Å². The number of nitrogens with zero attached hydrogens (tertiary/aromatic N) is 3. The fraction of sp³-hybridized carbons (Fsp3) is 0.143. The average Bonchev–Trinajstić information content (AvgIpc) is 3.12. The first-order chi connectivity index (χ1) is 14.0. The van der Waals surface area contributed by atoms with Gasteiger partial charge < -0.3 is 9.84 Å². The first-order valence-electron chi connectivity index (χ1n) is 8.96. The second-order valence-corrected chi connectivity index (χ2v) is 7.44. The second-order valence-electron chi connectivity index (χ2n) is 6.50. The number of hydrogen-bond acceptors (Lipinski definition) is 6. The van der Waals surface area contributed by atoms with E-state index in [1.807, 2.05) is 43.3 Å². The summed E-state index contributed by atoms with van der Waals surface area (Å²) in [6.07, 6.45) is 0. The van der Waals surface area contributed by atoms with Gasteiger partial charge in [0.15, 0.2) is 11.0 Å². The molecule has 0 fully saturated rings. The maximum atomic E-state index is 13.2. The van der Waals surface area contributed by atoms with Gasteiger partial charge in [0.25, 0.3) is 5.56 Å². The van der Waals surface area contributed by atoms with Crippen LogP contribution < -0.4 is 10.9 Å². The van der Waals surface area contributed by atoms with E-state index in [1.165, 1.54) is 11.8 Å². The number of carbonyl (C=O) groups excluding carboxylic acids is 1. The number of aryl methyl sites for hydroxylation is 2. The van der Waals surface area contributed by atoms with Gasteiger partial charge in [0.2, 0.25) is 5.91 Å². The Bertz CT molecular complexity index is 1260. The highest BCUT2D eigenvalue weighted by atomic mass is 32.2. The first kappa shape index (κ1) is 18.9. The number of hydrogen-bond donors (Lipinski definition) is 1. The van der Waals surface area contributed by atoms with Crippen LogP contribution in [0.2, 0.25) is 0 Å². The van der Waals surface area contributed by atoms with Gasteiger partial charge in [-0.05, 0) is 37.6 Å². The zero-order valence-corrected chi connectivity index (χ0v) is 16.7. The number of carbonyl (C=O) groups is 1. The zero-order chi connectivity index (χ0) is 20.4. The summed E-state index contributed by atoms with van der Waals surface area (Å²) in [7, 11) is 0. The quantitative estimate of drug-likeness (QED) is 0.401. The Morgan fingerprint density at radius 3 is 2.66 bits per heavy atom. The summed E-state index contributed by atoms with van der Waals surface area (Å²) < 4.78 is 6.52. The van der Waals surface area contributed by atoms with Crippen molar-refractivity contribution in [3.05, 3.63) is 76.3 Å². The summed E-state index contributed by atoms with van der Waals surface area (Å²) in [6, 6.07) is 16.4. The van der Waals surface area contributed by atoms with Crippen LogP contribution in [0.15, 0.2) is 69.1 Å². The summed E-state index contributed by atoms with van der Waals surface area (Å²) >= 11 is 1.20. The molecule has 0 aliphatic heterocycles. The molecule has 0 unspecified atom stereocenters. The fourth-order valence-corrected chi connectivity index (χ4v) is 3.78. The Morgan fingerprint density at radius 1 is 1.14 bits per heavy atom. The van der Waals surface area contributed by atoms with Crippen LogP contribution >= 0.6 is 11.8 Å². The number of anilines is 1. The van der Waals surface area contributed by atoms with Crippen molar-refractivity contribution in [2.24, 2.45) is 0 Å². The third-order valence-corrected chi connectivity index (χ3v) is 5.27. The van der Waals surface area contributed by atoms with E-state index in [4.69, 9.17) is 4.52 Å². The third kappa shape index (κ3) is 3.93. The van der Waals surface area contributed by atoms with E-state index in [0.29, 0.717) is 27.6 Å². The van der Waals surface area contributed by atoms with E-state index >= 15 is 0 Å². The van der Waals surface area contributed by atoms with Crippen LogP contribution in [-0.2, 0) is 4.79 Å². The van der Waals surface area contributed by atoms with Crippen molar-refractivity contribution in [2.75, 3.05) is 11.1 Å². The van der Waals surface area contributed by atoms with Crippen molar-refractivity contribution >= 4 is 34.4 Å². The summed E-state index contributed by atoms with van der Waals surface area (Å²) in [5.74, 6) is 0.776. The van der Waals surface area contributed by atoms with Gasteiger partial charge in [0.05, 0.1) is 22.3 Å². The fourth-order valence-electron chi connectivity index (χ4n) is 2.97. The smallest absolute Gasteiger partial charge is 0.266 e. The Balaban J connectivity index is 1.71. The molecule has 0 spiro atoms. The summed E-state index contributed by atoms with van der Waals surface area (Å²) in [5, 5.41) is 7.41. The lowest BCUT2D eigenvalue weighted by Gasteiger charge is -2.14. The van der Waals surface area contributed by atoms with Gasteiger partial charge in [-0.25, -0.2) is 4.98 Å². The van der Waals surface area contributed by atoms with Crippen molar-refractivity contribution in [3.63, 3.8) is 0 Å². The molecule has 2 aromatic heterocycles. The van der Waals surface area contributed by atoms with Crippen molar-refractivity contribution in [2.45, 2.75) is 19.0 Å². The molecule has 0 radical (unpaired) electrons. The molecule has 2 heterocycles. The van der Waals surface area contributed by atoms with Gasteiger partial charge in [0.1, 0.15) is 5.76 Å². The lowest BCUT2D eigenvalue weighted by atomic mass is 10.2. The molecule has 1 amide bonds. The van der Waals surface area contributed by atoms with Crippen molar-refractivity contribution < 1.29 is 9.32 Å². The molecule has 0 aliphatic carbocycles. The molecule has 8 heteroatoms. The SMILES string of the molecule is Cc1cc(NC(=O)CSc2nc3ccccc3c(=O)n2-c2ccccc2C)no1. The highest BCUT2D eigenvalue weighted by Crippen LogP contribution is 2.23. The Kier molecular flexibility index (Phi) is 5.18. The van der Waals surface area contributed by atoms with E-state index < -0.39 is 0 Å². The Morgan fingerprint density at radius 2 is 1.90 bits per heavy atom. The Hall–Kier alpha value is -3.39. The monoisotopic (exact) mass is 406 g/mol. The standard InChI is InChI=1S/C21H18N4O3S/c1-13-7-3-6-10-17(13)25-20(27)15-8-4-5-9-16(15)22-21(25)29-12-19(26)23-18-11-14(2)28-24-18/h3-11H,12H2,1-2H3,(H,23,24,26). The molecule has 0 aliphatic rings.